The summed E-state index contributed by atoms with van der Waals surface area (Å²) in [4.78, 5) is 11.0. The molecule has 0 aliphatic rings. The van der Waals surface area contributed by atoms with Crippen molar-refractivity contribution >= 4 is 28.6 Å². The summed E-state index contributed by atoms with van der Waals surface area (Å²) in [7, 11) is 0. The molecule has 0 atom stereocenters. The van der Waals surface area contributed by atoms with Gasteiger partial charge in [0.05, 0.1) is 3.57 Å². The smallest absolute Gasteiger partial charge is 0.339 e. The molecule has 18 heavy (non-hydrogen) atoms. The van der Waals surface area contributed by atoms with Gasteiger partial charge >= 0.3 is 5.97 Å². The van der Waals surface area contributed by atoms with Crippen LogP contribution in [0.5, 0.6) is 11.5 Å². The van der Waals surface area contributed by atoms with Crippen molar-refractivity contribution in [3.63, 3.8) is 0 Å². The number of rotatable bonds is 3. The third kappa shape index (κ3) is 2.61. The molecule has 3 nitrogen and oxygen atoms in total. The molecule has 0 spiro atoms. The highest BCUT2D eigenvalue weighted by molar-refractivity contribution is 14.1. The first kappa shape index (κ1) is 12.8. The van der Waals surface area contributed by atoms with E-state index in [0.717, 1.165) is 9.64 Å². The fourth-order valence-corrected chi connectivity index (χ4v) is 1.92. The number of aromatic carboxylic acids is 1. The van der Waals surface area contributed by atoms with Gasteiger partial charge in [-0.1, -0.05) is 18.2 Å². The summed E-state index contributed by atoms with van der Waals surface area (Å²) in [6.07, 6.45) is 0. The van der Waals surface area contributed by atoms with Crippen LogP contribution in [0, 0.1) is 9.39 Å². The summed E-state index contributed by atoms with van der Waals surface area (Å²) in [5.74, 6) is -1.77. The van der Waals surface area contributed by atoms with Crippen molar-refractivity contribution in [2.75, 3.05) is 0 Å². The SMILES string of the molecule is O=C(O)c1cccc(F)c1Oc1ccccc1I. The van der Waals surface area contributed by atoms with E-state index in [-0.39, 0.29) is 11.3 Å². The average molecular weight is 358 g/mol. The van der Waals surface area contributed by atoms with E-state index < -0.39 is 11.8 Å². The van der Waals surface area contributed by atoms with E-state index in [1.807, 2.05) is 28.7 Å². The Labute approximate surface area is 116 Å². The molecule has 0 unspecified atom stereocenters. The third-order valence-electron chi connectivity index (χ3n) is 2.25. The van der Waals surface area contributed by atoms with Gasteiger partial charge < -0.3 is 9.84 Å². The molecule has 0 aliphatic carbocycles. The molecule has 2 aromatic carbocycles. The molecule has 0 fully saturated rings. The van der Waals surface area contributed by atoms with Crippen molar-refractivity contribution in [3.05, 3.63) is 57.4 Å². The molecule has 0 bridgehead atoms. The largest absolute Gasteiger partial charge is 0.478 e. The van der Waals surface area contributed by atoms with E-state index in [0.29, 0.717) is 5.75 Å². The molecule has 1 N–H and O–H groups in total. The molecule has 0 heterocycles. The number of carboxylic acid groups (broad SMARTS) is 1. The second-order valence-electron chi connectivity index (χ2n) is 3.45. The van der Waals surface area contributed by atoms with Crippen LogP contribution in [0.4, 0.5) is 4.39 Å². The van der Waals surface area contributed by atoms with Crippen LogP contribution in [0.2, 0.25) is 0 Å². The summed E-state index contributed by atoms with van der Waals surface area (Å²) in [5, 5.41) is 8.99. The van der Waals surface area contributed by atoms with E-state index in [1.165, 1.54) is 12.1 Å². The zero-order valence-electron chi connectivity index (χ0n) is 9.06. The van der Waals surface area contributed by atoms with Gasteiger partial charge in [-0.25, -0.2) is 9.18 Å². The van der Waals surface area contributed by atoms with E-state index in [1.54, 1.807) is 18.2 Å². The van der Waals surface area contributed by atoms with E-state index in [4.69, 9.17) is 9.84 Å². The second kappa shape index (κ2) is 5.34. The molecule has 0 saturated heterocycles. The lowest BCUT2D eigenvalue weighted by molar-refractivity contribution is 0.0693. The Morgan fingerprint density at radius 2 is 1.89 bits per heavy atom. The zero-order chi connectivity index (χ0) is 13.1. The number of hydrogen-bond donors (Lipinski definition) is 1. The van der Waals surface area contributed by atoms with Crippen LogP contribution in [0.25, 0.3) is 0 Å². The quantitative estimate of drug-likeness (QED) is 0.846. The highest BCUT2D eigenvalue weighted by Crippen LogP contribution is 2.31. The highest BCUT2D eigenvalue weighted by Gasteiger charge is 2.17. The summed E-state index contributed by atoms with van der Waals surface area (Å²) in [5.41, 5.74) is -0.199. The fourth-order valence-electron chi connectivity index (χ4n) is 1.42. The summed E-state index contributed by atoms with van der Waals surface area (Å²) < 4.78 is 19.8. The number of benzene rings is 2. The number of ether oxygens (including phenoxy) is 1. The topological polar surface area (TPSA) is 46.5 Å². The monoisotopic (exact) mass is 358 g/mol. The molecule has 2 rings (SSSR count). The molecule has 5 heteroatoms. The average Bonchev–Trinajstić information content (AvgIpc) is 2.34. The number of hydrogen-bond acceptors (Lipinski definition) is 2. The lowest BCUT2D eigenvalue weighted by Gasteiger charge is -2.10. The zero-order valence-corrected chi connectivity index (χ0v) is 11.2. The van der Waals surface area contributed by atoms with E-state index in [9.17, 15) is 9.18 Å². The lowest BCUT2D eigenvalue weighted by Crippen LogP contribution is -2.02. The van der Waals surface area contributed by atoms with Crippen molar-refractivity contribution < 1.29 is 19.0 Å². The number of carbonyl (C=O) groups is 1. The minimum Gasteiger partial charge on any atom is -0.478 e. The first-order chi connectivity index (χ1) is 8.59. The maximum absolute atomic E-state index is 13.6. The Bertz CT molecular complexity index is 599. The molecule has 0 aromatic heterocycles. The van der Waals surface area contributed by atoms with Crippen LogP contribution in [-0.4, -0.2) is 11.1 Å². The van der Waals surface area contributed by atoms with Crippen LogP contribution >= 0.6 is 22.6 Å². The molecule has 0 amide bonds. The summed E-state index contributed by atoms with van der Waals surface area (Å²) >= 11 is 2.03. The second-order valence-corrected chi connectivity index (χ2v) is 4.62. The molecule has 2 aromatic rings. The lowest BCUT2D eigenvalue weighted by atomic mass is 10.2. The summed E-state index contributed by atoms with van der Waals surface area (Å²) in [6, 6.07) is 10.8. The van der Waals surface area contributed by atoms with Crippen molar-refractivity contribution in [2.45, 2.75) is 0 Å². The molecular weight excluding hydrogens is 350 g/mol. The Balaban J connectivity index is 2.46. The van der Waals surface area contributed by atoms with Crippen LogP contribution < -0.4 is 4.74 Å². The van der Waals surface area contributed by atoms with Gasteiger partial charge in [-0.05, 0) is 46.9 Å². The predicted octanol–water partition coefficient (Wildman–Crippen LogP) is 3.92. The van der Waals surface area contributed by atoms with Crippen molar-refractivity contribution in [3.8, 4) is 11.5 Å². The fraction of sp³-hybridized carbons (Fsp3) is 0. The molecular formula is C13H8FIO3. The number of halogens is 2. The Hall–Kier alpha value is -1.63. The van der Waals surface area contributed by atoms with Gasteiger partial charge in [0, 0.05) is 0 Å². The van der Waals surface area contributed by atoms with Crippen LogP contribution in [0.3, 0.4) is 0 Å². The van der Waals surface area contributed by atoms with Gasteiger partial charge in [0.25, 0.3) is 0 Å². The molecule has 0 radical (unpaired) electrons. The molecule has 0 aliphatic heterocycles. The van der Waals surface area contributed by atoms with Crippen molar-refractivity contribution in [1.82, 2.24) is 0 Å². The van der Waals surface area contributed by atoms with Gasteiger partial charge in [-0.2, -0.15) is 0 Å². The van der Waals surface area contributed by atoms with Crippen LogP contribution in [-0.2, 0) is 0 Å². The van der Waals surface area contributed by atoms with Crippen LogP contribution in [0.1, 0.15) is 10.4 Å². The summed E-state index contributed by atoms with van der Waals surface area (Å²) in [6.45, 7) is 0. The molecule has 0 saturated carbocycles. The number of para-hydroxylation sites is 2. The van der Waals surface area contributed by atoms with Crippen LogP contribution in [0.15, 0.2) is 42.5 Å². The minimum atomic E-state index is -1.23. The maximum atomic E-state index is 13.6. The standard InChI is InChI=1S/C13H8FIO3/c14-9-5-3-4-8(13(16)17)12(9)18-11-7-2-1-6-10(11)15/h1-7H,(H,16,17). The predicted molar refractivity (Wildman–Crippen MR) is 72.6 cm³/mol. The minimum absolute atomic E-state index is 0.199. The van der Waals surface area contributed by atoms with Gasteiger partial charge in [0.15, 0.2) is 11.6 Å². The first-order valence-electron chi connectivity index (χ1n) is 5.04. The number of carboxylic acids is 1. The first-order valence-corrected chi connectivity index (χ1v) is 6.11. The Kier molecular flexibility index (Phi) is 3.81. The van der Waals surface area contributed by atoms with E-state index in [2.05, 4.69) is 0 Å². The third-order valence-corrected chi connectivity index (χ3v) is 3.14. The normalized spacial score (nSPS) is 10.1. The van der Waals surface area contributed by atoms with Gasteiger partial charge in [0.1, 0.15) is 11.3 Å². The van der Waals surface area contributed by atoms with Gasteiger partial charge in [0.2, 0.25) is 0 Å². The molecule has 92 valence electrons. The van der Waals surface area contributed by atoms with Crippen molar-refractivity contribution in [2.24, 2.45) is 0 Å². The highest BCUT2D eigenvalue weighted by atomic mass is 127. The van der Waals surface area contributed by atoms with E-state index >= 15 is 0 Å². The Morgan fingerprint density at radius 3 is 2.56 bits per heavy atom. The van der Waals surface area contributed by atoms with Gasteiger partial charge in [-0.15, -0.1) is 0 Å². The Morgan fingerprint density at radius 1 is 1.17 bits per heavy atom. The van der Waals surface area contributed by atoms with Crippen molar-refractivity contribution in [1.29, 1.82) is 0 Å². The maximum Gasteiger partial charge on any atom is 0.339 e. The van der Waals surface area contributed by atoms with Gasteiger partial charge in [-0.3, -0.25) is 0 Å².